The van der Waals surface area contributed by atoms with Crippen LogP contribution in [0.2, 0.25) is 0 Å². The van der Waals surface area contributed by atoms with Crippen molar-refractivity contribution in [1.82, 2.24) is 0 Å². The first kappa shape index (κ1) is 14.5. The van der Waals surface area contributed by atoms with Gasteiger partial charge in [0.1, 0.15) is 0 Å². The number of carboxylic acid groups (broad SMARTS) is 1. The van der Waals surface area contributed by atoms with E-state index in [1.807, 2.05) is 0 Å². The number of hydrogen-bond acceptors (Lipinski definition) is 5. The third-order valence-corrected chi connectivity index (χ3v) is 0.913. The van der Waals surface area contributed by atoms with Crippen LogP contribution in [0.5, 0.6) is 0 Å². The second-order valence-corrected chi connectivity index (χ2v) is 2.19. The van der Waals surface area contributed by atoms with Gasteiger partial charge in [-0.1, -0.05) is 6.58 Å². The van der Waals surface area contributed by atoms with Gasteiger partial charge in [-0.2, -0.15) is 17.5 Å². The van der Waals surface area contributed by atoms with Crippen LogP contribution >= 0.6 is 12.6 Å². The van der Waals surface area contributed by atoms with E-state index in [0.717, 1.165) is 0 Å². The largest absolute Gasteiger partial charge is 0.481 e. The highest BCUT2D eigenvalue weighted by molar-refractivity contribution is 7.81. The van der Waals surface area contributed by atoms with Crippen molar-refractivity contribution in [3.63, 3.8) is 0 Å². The van der Waals surface area contributed by atoms with Gasteiger partial charge in [0.15, 0.2) is 0 Å². The molecule has 0 saturated carbocycles. The molecule has 0 aliphatic carbocycles. The number of carbonyl (C=O) groups excluding carboxylic acids is 1. The molecule has 0 aromatic rings. The zero-order chi connectivity index (χ0) is 10.9. The average molecular weight is 208 g/mol. The van der Waals surface area contributed by atoms with E-state index in [0.29, 0.717) is 5.57 Å². The monoisotopic (exact) mass is 208 g/mol. The molecule has 5 nitrogen and oxygen atoms in total. The molecule has 6 heteroatoms. The Balaban J connectivity index is 0. The fraction of sp³-hybridized carbons (Fsp3) is 0.429. The Morgan fingerprint density at radius 1 is 1.54 bits per heavy atom. The van der Waals surface area contributed by atoms with Gasteiger partial charge in [0.2, 0.25) is 0 Å². The lowest BCUT2D eigenvalue weighted by Crippen LogP contribution is -2.02. The number of rotatable bonds is 3. The van der Waals surface area contributed by atoms with Crippen LogP contribution in [0.4, 0.5) is 0 Å². The SMILES string of the molecule is C=C(C)C(=O)OOC.O=C(O)CS. The fourth-order valence-corrected chi connectivity index (χ4v) is 0.147. The summed E-state index contributed by atoms with van der Waals surface area (Å²) >= 11 is 3.42. The van der Waals surface area contributed by atoms with E-state index >= 15 is 0 Å². The molecule has 0 fully saturated rings. The van der Waals surface area contributed by atoms with Crippen molar-refractivity contribution in [3.05, 3.63) is 12.2 Å². The van der Waals surface area contributed by atoms with Gasteiger partial charge in [-0.3, -0.25) is 9.68 Å². The van der Waals surface area contributed by atoms with Gasteiger partial charge in [0, 0.05) is 5.57 Å². The zero-order valence-corrected chi connectivity index (χ0v) is 8.34. The molecule has 13 heavy (non-hydrogen) atoms. The lowest BCUT2D eigenvalue weighted by Gasteiger charge is -1.94. The number of hydrogen-bond donors (Lipinski definition) is 2. The van der Waals surface area contributed by atoms with Crippen LogP contribution in [0.15, 0.2) is 12.2 Å². The first-order valence-corrected chi connectivity index (χ1v) is 3.82. The maximum atomic E-state index is 10.3. The van der Waals surface area contributed by atoms with Gasteiger partial charge in [0.05, 0.1) is 12.9 Å². The molecule has 0 aliphatic rings. The molecule has 0 aliphatic heterocycles. The maximum Gasteiger partial charge on any atom is 0.368 e. The molecule has 0 spiro atoms. The Bertz CT molecular complexity index is 189. The molecule has 0 unspecified atom stereocenters. The quantitative estimate of drug-likeness (QED) is 0.308. The van der Waals surface area contributed by atoms with E-state index < -0.39 is 11.9 Å². The van der Waals surface area contributed by atoms with Crippen molar-refractivity contribution in [2.45, 2.75) is 6.92 Å². The molecule has 0 rings (SSSR count). The molecule has 0 saturated heterocycles. The maximum absolute atomic E-state index is 10.3. The van der Waals surface area contributed by atoms with E-state index in [1.165, 1.54) is 7.11 Å². The molecule has 0 aromatic heterocycles. The predicted octanol–water partition coefficient (Wildman–Crippen LogP) is 0.668. The van der Waals surface area contributed by atoms with E-state index in [-0.39, 0.29) is 5.75 Å². The van der Waals surface area contributed by atoms with Crippen molar-refractivity contribution in [3.8, 4) is 0 Å². The summed E-state index contributed by atoms with van der Waals surface area (Å²) in [6, 6.07) is 0. The van der Waals surface area contributed by atoms with Gasteiger partial charge in [-0.25, -0.2) is 4.79 Å². The van der Waals surface area contributed by atoms with Crippen LogP contribution < -0.4 is 0 Å². The highest BCUT2D eigenvalue weighted by Gasteiger charge is 2.00. The summed E-state index contributed by atoms with van der Waals surface area (Å²) < 4.78 is 0. The summed E-state index contributed by atoms with van der Waals surface area (Å²) in [6.07, 6.45) is 0. The van der Waals surface area contributed by atoms with Crippen molar-refractivity contribution >= 4 is 24.6 Å². The standard InChI is InChI=1S/C5H8O3.C2H4O2S/c1-4(2)5(6)8-7-3;3-2(4)1-5/h1H2,2-3H3;5H,1H2,(H,3,4). The third-order valence-electron chi connectivity index (χ3n) is 0.643. The van der Waals surface area contributed by atoms with Crippen LogP contribution in [0.1, 0.15) is 6.92 Å². The summed E-state index contributed by atoms with van der Waals surface area (Å²) in [7, 11) is 1.26. The third kappa shape index (κ3) is 13.9. The van der Waals surface area contributed by atoms with E-state index in [1.54, 1.807) is 6.92 Å². The Morgan fingerprint density at radius 3 is 2.00 bits per heavy atom. The van der Waals surface area contributed by atoms with Crippen molar-refractivity contribution in [2.24, 2.45) is 0 Å². The molecule has 1 N–H and O–H groups in total. The van der Waals surface area contributed by atoms with Gasteiger partial charge in [-0.15, -0.1) is 0 Å². The highest BCUT2D eigenvalue weighted by Crippen LogP contribution is 1.89. The van der Waals surface area contributed by atoms with Crippen molar-refractivity contribution in [1.29, 1.82) is 0 Å². The van der Waals surface area contributed by atoms with Crippen LogP contribution in [0.3, 0.4) is 0 Å². The highest BCUT2D eigenvalue weighted by atomic mass is 32.1. The fourth-order valence-electron chi connectivity index (χ4n) is 0.147. The lowest BCUT2D eigenvalue weighted by molar-refractivity contribution is -0.250. The molecule has 0 heterocycles. The first-order valence-electron chi connectivity index (χ1n) is 3.18. The Kier molecular flexibility index (Phi) is 10.1. The molecule has 0 bridgehead atoms. The first-order chi connectivity index (χ1) is 5.95. The molecular weight excluding hydrogens is 196 g/mol. The molecule has 0 atom stereocenters. The van der Waals surface area contributed by atoms with E-state index in [9.17, 15) is 9.59 Å². The molecule has 0 aromatic carbocycles. The summed E-state index contributed by atoms with van der Waals surface area (Å²) in [4.78, 5) is 27.7. The van der Waals surface area contributed by atoms with Crippen molar-refractivity contribution in [2.75, 3.05) is 12.9 Å². The van der Waals surface area contributed by atoms with Crippen LogP contribution in [-0.2, 0) is 19.4 Å². The predicted molar refractivity (Wildman–Crippen MR) is 49.4 cm³/mol. The minimum absolute atomic E-state index is 0.0833. The van der Waals surface area contributed by atoms with E-state index in [4.69, 9.17) is 5.11 Å². The average Bonchev–Trinajstić information content (AvgIpc) is 2.06. The Hall–Kier alpha value is -1.01. The minimum Gasteiger partial charge on any atom is -0.481 e. The summed E-state index contributed by atoms with van der Waals surface area (Å²) in [5.41, 5.74) is 0.326. The van der Waals surface area contributed by atoms with Crippen LogP contribution in [0.25, 0.3) is 0 Å². The van der Waals surface area contributed by atoms with Gasteiger partial charge >= 0.3 is 11.9 Å². The van der Waals surface area contributed by atoms with Gasteiger partial charge in [-0.05, 0) is 6.92 Å². The second kappa shape index (κ2) is 9.08. The number of thiol groups is 1. The zero-order valence-electron chi connectivity index (χ0n) is 7.44. The van der Waals surface area contributed by atoms with E-state index in [2.05, 4.69) is 29.0 Å². The summed E-state index contributed by atoms with van der Waals surface area (Å²) in [5.74, 6) is -1.50. The van der Waals surface area contributed by atoms with Crippen molar-refractivity contribution < 1.29 is 24.5 Å². The Morgan fingerprint density at radius 2 is 1.92 bits per heavy atom. The Labute approximate surface area is 81.7 Å². The number of carbonyl (C=O) groups is 2. The lowest BCUT2D eigenvalue weighted by atomic mass is 10.4. The molecule has 0 radical (unpaired) electrons. The van der Waals surface area contributed by atoms with Crippen LogP contribution in [0, 0.1) is 0 Å². The number of carboxylic acids is 1. The van der Waals surface area contributed by atoms with Gasteiger partial charge in [0.25, 0.3) is 0 Å². The molecular formula is C7H12O5S. The molecule has 0 amide bonds. The number of aliphatic carboxylic acids is 1. The topological polar surface area (TPSA) is 72.8 Å². The van der Waals surface area contributed by atoms with Crippen LogP contribution in [-0.4, -0.2) is 29.9 Å². The van der Waals surface area contributed by atoms with Gasteiger partial charge < -0.3 is 5.11 Å². The molecule has 76 valence electrons. The minimum atomic E-state index is -0.881. The summed E-state index contributed by atoms with van der Waals surface area (Å²) in [6.45, 7) is 4.86. The summed E-state index contributed by atoms with van der Waals surface area (Å²) in [5, 5.41) is 7.65. The smallest absolute Gasteiger partial charge is 0.368 e. The second-order valence-electron chi connectivity index (χ2n) is 1.87. The normalized spacial score (nSPS) is 7.92.